The van der Waals surface area contributed by atoms with Crippen LogP contribution in [0.15, 0.2) is 30.5 Å². The number of nitrogens with zero attached hydrogens (tertiary/aromatic N) is 5. The molecule has 4 aliphatic rings. The van der Waals surface area contributed by atoms with Crippen molar-refractivity contribution < 1.29 is 74.3 Å². The summed E-state index contributed by atoms with van der Waals surface area (Å²) in [6, 6.07) is 2.21. The summed E-state index contributed by atoms with van der Waals surface area (Å²) in [6.07, 6.45) is -1.74. The number of likely N-dealkylation sites (N-methyl/N-ethyl adjacent to an activating group) is 1. The highest BCUT2D eigenvalue weighted by atomic mass is 16.7. The number of carboxylic acid groups (broad SMARTS) is 2. The quantitative estimate of drug-likeness (QED) is 0.149. The van der Waals surface area contributed by atoms with Crippen molar-refractivity contribution in [3.63, 3.8) is 0 Å². The average Bonchev–Trinajstić information content (AvgIpc) is 3.53. The van der Waals surface area contributed by atoms with Crippen LogP contribution in [0.1, 0.15) is 87.3 Å². The molecule has 2 aromatic rings. The van der Waals surface area contributed by atoms with Crippen LogP contribution in [0, 0.1) is 30.6 Å². The van der Waals surface area contributed by atoms with Crippen LogP contribution in [-0.2, 0) is 54.2 Å². The SMILES string of the molecule is CC[C@H]1OC(=O)[C@H](C)C(=O)[C@H](C)[C@@H](O[C@@H]2O[C@H](C)C[C@H](N(C)C)[C@H]2O)[C@](C)(OC)C[C@@H](C)C(=O)[C@H](C)[C@H]2N(C3CN(Cc4c(O)cnc5ccc(C)nc45)C3)C(=O)O[C@]12C.O=C(O)/C=C/C(=O)O.[HH]. The van der Waals surface area contributed by atoms with Crippen LogP contribution in [0.5, 0.6) is 5.75 Å². The summed E-state index contributed by atoms with van der Waals surface area (Å²) in [7, 11) is 5.22. The molecule has 13 atom stereocenters. The molecule has 4 saturated heterocycles. The molecule has 378 valence electrons. The zero-order valence-electron chi connectivity index (χ0n) is 41.1. The number of carbonyl (C=O) groups excluding carboxylic acids is 4. The standard InChI is InChI=1S/C44H65N5O11.C4H4O4.H2/c1-13-33-44(9)38(49(42(55)60-44)28-19-48(20-28)21-29-32(50)18-45-30-15-14-23(3)46-34(29)30)25(5)35(51)22(2)17-43(8,56-12)39(26(6)36(52)27(7)40(54)58-33)59-41-37(53)31(47(10)11)16-24(4)57-41;5-3(6)1-2-4(7)8;/h14-15,18,22,24-28,31,33,37-39,41,50,53H,13,16-17,19-21H2,1-12H3;1-2H,(H,5,6)(H,7,8);1H/b;2-1+;/t22-,24-,25+,26+,27-,31+,33-,37-,38-,39-,41+,43-,44-;;/m1../s1. The summed E-state index contributed by atoms with van der Waals surface area (Å²) in [5.41, 5.74) is -0.0760. The Morgan fingerprint density at radius 2 is 1.63 bits per heavy atom. The van der Waals surface area contributed by atoms with Crippen molar-refractivity contribution in [1.82, 2.24) is 24.7 Å². The first kappa shape index (κ1) is 53.8. The number of hydrogen-bond acceptors (Lipinski definition) is 17. The predicted molar refractivity (Wildman–Crippen MR) is 246 cm³/mol. The molecule has 6 heterocycles. The number of pyridine rings is 2. The molecule has 0 aromatic carbocycles. The second-order valence-electron chi connectivity index (χ2n) is 19.4. The number of aromatic hydroxyl groups is 1. The molecule has 0 radical (unpaired) electrons. The molecule has 20 heteroatoms. The van der Waals surface area contributed by atoms with Gasteiger partial charge in [0.05, 0.1) is 47.1 Å². The molecule has 4 aliphatic heterocycles. The fraction of sp³-hybridized carbons (Fsp3) is 0.667. The van der Waals surface area contributed by atoms with E-state index in [9.17, 15) is 39.0 Å². The van der Waals surface area contributed by atoms with E-state index in [2.05, 4.69) is 14.9 Å². The van der Waals surface area contributed by atoms with Crippen LogP contribution in [0.3, 0.4) is 0 Å². The summed E-state index contributed by atoms with van der Waals surface area (Å²) in [5.74, 6) is -7.64. The third-order valence-corrected chi connectivity index (χ3v) is 14.1. The maximum Gasteiger partial charge on any atom is 0.411 e. The van der Waals surface area contributed by atoms with Crippen molar-refractivity contribution in [2.45, 2.75) is 148 Å². The van der Waals surface area contributed by atoms with Gasteiger partial charge in [-0.1, -0.05) is 27.7 Å². The lowest BCUT2D eigenvalue weighted by molar-refractivity contribution is -0.295. The van der Waals surface area contributed by atoms with E-state index >= 15 is 0 Å². The third-order valence-electron chi connectivity index (χ3n) is 14.1. The molecule has 0 aliphatic carbocycles. The Balaban J connectivity index is 0.00000106. The summed E-state index contributed by atoms with van der Waals surface area (Å²) >= 11 is 0. The number of aromatic nitrogens is 2. The van der Waals surface area contributed by atoms with Crippen molar-refractivity contribution in [2.75, 3.05) is 34.3 Å². The number of fused-ring (bicyclic) bond motifs is 2. The maximum atomic E-state index is 14.9. The van der Waals surface area contributed by atoms with Gasteiger partial charge in [0, 0.05) is 75.4 Å². The second kappa shape index (κ2) is 21.7. The minimum absolute atomic E-state index is 0. The van der Waals surface area contributed by atoms with Crippen LogP contribution in [0.2, 0.25) is 0 Å². The Bertz CT molecular complexity index is 2220. The molecule has 4 N–H and O–H groups in total. The van der Waals surface area contributed by atoms with Crippen molar-refractivity contribution in [3.8, 4) is 5.75 Å². The number of aliphatic carboxylic acids is 2. The maximum absolute atomic E-state index is 14.9. The molecule has 1 amide bonds. The van der Waals surface area contributed by atoms with Gasteiger partial charge in [0.25, 0.3) is 0 Å². The molecule has 0 spiro atoms. The Hall–Kier alpha value is -5.12. The fourth-order valence-electron chi connectivity index (χ4n) is 10.4. The number of amides is 1. The van der Waals surface area contributed by atoms with Gasteiger partial charge in [-0.25, -0.2) is 14.4 Å². The van der Waals surface area contributed by atoms with E-state index in [0.717, 1.165) is 5.69 Å². The zero-order valence-corrected chi connectivity index (χ0v) is 41.1. The van der Waals surface area contributed by atoms with Gasteiger partial charge in [-0.3, -0.25) is 34.2 Å². The Morgan fingerprint density at radius 1 is 1.00 bits per heavy atom. The van der Waals surface area contributed by atoms with E-state index in [1.807, 2.05) is 51.9 Å². The lowest BCUT2D eigenvalue weighted by Gasteiger charge is -2.48. The number of rotatable bonds is 10. The van der Waals surface area contributed by atoms with E-state index in [0.29, 0.717) is 54.8 Å². The number of aryl methyl sites for hydroxylation is 1. The molecule has 68 heavy (non-hydrogen) atoms. The monoisotopic (exact) mass is 957 g/mol. The number of likely N-dealkylation sites (tertiary alicyclic amines) is 1. The highest BCUT2D eigenvalue weighted by Crippen LogP contribution is 2.45. The number of Topliss-reactive ketones (excluding diaryl/α,β-unsaturated/α-hetero) is 2. The van der Waals surface area contributed by atoms with E-state index in [4.69, 9.17) is 33.9 Å². The first-order valence-corrected chi connectivity index (χ1v) is 23.1. The normalized spacial score (nSPS) is 34.4. The predicted octanol–water partition coefficient (Wildman–Crippen LogP) is 3.99. The summed E-state index contributed by atoms with van der Waals surface area (Å²) in [4.78, 5) is 91.1. The number of hydrogen-bond donors (Lipinski definition) is 4. The number of ketones is 2. The number of aliphatic hydroxyl groups is 1. The lowest BCUT2D eigenvalue weighted by Crippen LogP contribution is -2.65. The van der Waals surface area contributed by atoms with Gasteiger partial charge < -0.3 is 49.0 Å². The second-order valence-corrected chi connectivity index (χ2v) is 19.4. The minimum Gasteiger partial charge on any atom is -0.506 e. The van der Waals surface area contributed by atoms with Crippen molar-refractivity contribution in [3.05, 3.63) is 41.7 Å². The van der Waals surface area contributed by atoms with Gasteiger partial charge in [-0.2, -0.15) is 0 Å². The Labute approximate surface area is 398 Å². The molecule has 4 fully saturated rings. The Morgan fingerprint density at radius 3 is 2.21 bits per heavy atom. The van der Waals surface area contributed by atoms with Crippen LogP contribution >= 0.6 is 0 Å². The molecule has 0 unspecified atom stereocenters. The highest BCUT2D eigenvalue weighted by Gasteiger charge is 2.62. The van der Waals surface area contributed by atoms with Gasteiger partial charge in [-0.05, 0) is 80.1 Å². The first-order valence-electron chi connectivity index (χ1n) is 23.1. The zero-order chi connectivity index (χ0) is 50.7. The van der Waals surface area contributed by atoms with Gasteiger partial charge in [0.15, 0.2) is 17.7 Å². The number of carboxylic acids is 2. The number of ether oxygens (including phenoxy) is 5. The minimum atomic E-state index is -1.46. The van der Waals surface area contributed by atoms with Gasteiger partial charge in [-0.15, -0.1) is 0 Å². The van der Waals surface area contributed by atoms with Crippen LogP contribution in [0.4, 0.5) is 4.79 Å². The van der Waals surface area contributed by atoms with Crippen LogP contribution in [-0.4, -0.2) is 175 Å². The van der Waals surface area contributed by atoms with E-state index in [1.165, 1.54) is 20.2 Å². The summed E-state index contributed by atoms with van der Waals surface area (Å²) in [6.45, 7) is 16.9. The summed E-state index contributed by atoms with van der Waals surface area (Å²) in [5, 5.41) is 37.9. The summed E-state index contributed by atoms with van der Waals surface area (Å²) < 4.78 is 31.4. The molecule has 6 rings (SSSR count). The highest BCUT2D eigenvalue weighted by molar-refractivity contribution is 6.00. The molecule has 20 nitrogen and oxygen atoms in total. The van der Waals surface area contributed by atoms with Gasteiger partial charge in [0.2, 0.25) is 0 Å². The number of aliphatic hydroxyl groups excluding tert-OH is 1. The number of methoxy groups -OCH3 is 1. The van der Waals surface area contributed by atoms with Crippen molar-refractivity contribution in [1.29, 1.82) is 0 Å². The first-order chi connectivity index (χ1) is 31.8. The largest absolute Gasteiger partial charge is 0.506 e. The number of esters is 1. The van der Waals surface area contributed by atoms with Crippen molar-refractivity contribution in [2.24, 2.45) is 23.7 Å². The molecular formula is C48H71N5O15. The van der Waals surface area contributed by atoms with Crippen LogP contribution in [0.25, 0.3) is 11.0 Å². The van der Waals surface area contributed by atoms with Crippen LogP contribution < -0.4 is 0 Å². The average molecular weight is 958 g/mol. The smallest absolute Gasteiger partial charge is 0.411 e. The van der Waals surface area contributed by atoms with E-state index < -0.39 is 95.3 Å². The van der Waals surface area contributed by atoms with Gasteiger partial charge >= 0.3 is 24.0 Å². The number of carbonyl (C=O) groups is 6. The van der Waals surface area contributed by atoms with Gasteiger partial charge in [0.1, 0.15) is 29.7 Å². The Kier molecular flexibility index (Phi) is 17.2. The molecular weight excluding hydrogens is 887 g/mol. The number of cyclic esters (lactones) is 1. The third kappa shape index (κ3) is 11.3. The van der Waals surface area contributed by atoms with Crippen molar-refractivity contribution >= 4 is 46.6 Å². The fourth-order valence-corrected chi connectivity index (χ4v) is 10.4. The van der Waals surface area contributed by atoms with E-state index in [-0.39, 0.29) is 44.0 Å². The molecule has 0 saturated carbocycles. The van der Waals surface area contributed by atoms with E-state index in [1.54, 1.807) is 39.5 Å². The molecule has 2 aromatic heterocycles. The lowest BCUT2D eigenvalue weighted by atomic mass is 9.73. The molecule has 0 bridgehead atoms. The topological polar surface area (TPSA) is 265 Å².